The van der Waals surface area contributed by atoms with Crippen molar-refractivity contribution in [2.75, 3.05) is 6.61 Å². The number of benzene rings is 3. The number of carbonyl (C=O) groups excluding carboxylic acids is 1. The van der Waals surface area contributed by atoms with E-state index in [9.17, 15) is 4.79 Å². The minimum atomic E-state index is -0.0798. The molecule has 1 amide bonds. The molecule has 1 N–H and O–H groups in total. The van der Waals surface area contributed by atoms with Crippen LogP contribution in [0.15, 0.2) is 60.7 Å². The van der Waals surface area contributed by atoms with Crippen molar-refractivity contribution in [1.82, 2.24) is 5.32 Å². The summed E-state index contributed by atoms with van der Waals surface area (Å²) in [5, 5.41) is 5.20. The molecule has 0 spiro atoms. The molecule has 0 fully saturated rings. The predicted molar refractivity (Wildman–Crippen MR) is 113 cm³/mol. The monoisotopic (exact) mass is 377 g/mol. The fourth-order valence-electron chi connectivity index (χ4n) is 3.02. The Labute approximate surface area is 166 Å². The van der Waals surface area contributed by atoms with E-state index >= 15 is 0 Å². The molecule has 0 saturated carbocycles. The van der Waals surface area contributed by atoms with Gasteiger partial charge in [0.05, 0.1) is 6.61 Å². The van der Waals surface area contributed by atoms with Gasteiger partial charge >= 0.3 is 0 Å². The summed E-state index contributed by atoms with van der Waals surface area (Å²) in [6, 6.07) is 19.8. The summed E-state index contributed by atoms with van der Waals surface area (Å²) in [5.74, 6) is 1.47. The van der Waals surface area contributed by atoms with Gasteiger partial charge in [-0.05, 0) is 49.9 Å². The number of hydrogen-bond acceptors (Lipinski definition) is 3. The lowest BCUT2D eigenvalue weighted by atomic mass is 10.1. The van der Waals surface area contributed by atoms with E-state index in [1.807, 2.05) is 63.2 Å². The molecule has 0 aliphatic carbocycles. The fraction of sp³-hybridized carbons (Fsp3) is 0.292. The number of hydrogen-bond donors (Lipinski definition) is 1. The molecule has 146 valence electrons. The van der Waals surface area contributed by atoms with Crippen LogP contribution in [0.1, 0.15) is 43.1 Å². The molecule has 3 rings (SSSR count). The molecule has 0 aliphatic heterocycles. The quantitative estimate of drug-likeness (QED) is 0.576. The van der Waals surface area contributed by atoms with E-state index in [2.05, 4.69) is 17.4 Å². The topological polar surface area (TPSA) is 47.6 Å². The molecule has 0 bridgehead atoms. The molecular formula is C24H27NO3. The molecule has 0 aliphatic rings. The number of ether oxygens (including phenoxy) is 2. The van der Waals surface area contributed by atoms with Gasteiger partial charge in [0.15, 0.2) is 0 Å². The average molecular weight is 377 g/mol. The van der Waals surface area contributed by atoms with Crippen LogP contribution in [0.4, 0.5) is 0 Å². The van der Waals surface area contributed by atoms with E-state index in [0.29, 0.717) is 18.8 Å². The standard InChI is InChI=1S/C24H27NO3/c1-4-17(3)25-24(26)19-13-14-22(27-5-2)20(15-19)16-28-23-12-8-10-18-9-6-7-11-21(18)23/h6-15,17H,4-5,16H2,1-3H3,(H,25,26)/t17-/m0/s1. The highest BCUT2D eigenvalue weighted by atomic mass is 16.5. The average Bonchev–Trinajstić information content (AvgIpc) is 2.73. The van der Waals surface area contributed by atoms with Gasteiger partial charge in [0.2, 0.25) is 0 Å². The first-order valence-corrected chi connectivity index (χ1v) is 9.79. The molecule has 0 unspecified atom stereocenters. The lowest BCUT2D eigenvalue weighted by molar-refractivity contribution is 0.0939. The lowest BCUT2D eigenvalue weighted by Gasteiger charge is -2.15. The Morgan fingerprint density at radius 1 is 0.964 bits per heavy atom. The second-order valence-corrected chi connectivity index (χ2v) is 6.80. The minimum Gasteiger partial charge on any atom is -0.493 e. The molecule has 28 heavy (non-hydrogen) atoms. The van der Waals surface area contributed by atoms with Gasteiger partial charge in [-0.1, -0.05) is 43.3 Å². The van der Waals surface area contributed by atoms with Gasteiger partial charge < -0.3 is 14.8 Å². The van der Waals surface area contributed by atoms with E-state index in [0.717, 1.165) is 34.3 Å². The third-order valence-electron chi connectivity index (χ3n) is 4.75. The number of amides is 1. The summed E-state index contributed by atoms with van der Waals surface area (Å²) >= 11 is 0. The highest BCUT2D eigenvalue weighted by molar-refractivity contribution is 5.94. The Balaban J connectivity index is 1.84. The van der Waals surface area contributed by atoms with Gasteiger partial charge in [-0.3, -0.25) is 4.79 Å². The lowest BCUT2D eigenvalue weighted by Crippen LogP contribution is -2.32. The second kappa shape index (κ2) is 9.27. The van der Waals surface area contributed by atoms with Crippen molar-refractivity contribution in [2.45, 2.75) is 39.8 Å². The van der Waals surface area contributed by atoms with Crippen molar-refractivity contribution in [3.63, 3.8) is 0 Å². The Bertz CT molecular complexity index is 946. The Morgan fingerprint density at radius 3 is 2.54 bits per heavy atom. The largest absolute Gasteiger partial charge is 0.493 e. The van der Waals surface area contributed by atoms with Gasteiger partial charge in [-0.25, -0.2) is 0 Å². The number of rotatable bonds is 8. The van der Waals surface area contributed by atoms with Crippen LogP contribution in [0.5, 0.6) is 11.5 Å². The van der Waals surface area contributed by atoms with Gasteiger partial charge in [0.25, 0.3) is 5.91 Å². The van der Waals surface area contributed by atoms with E-state index in [1.54, 1.807) is 6.07 Å². The zero-order chi connectivity index (χ0) is 19.9. The first-order valence-electron chi connectivity index (χ1n) is 9.79. The first-order chi connectivity index (χ1) is 13.6. The number of fused-ring (bicyclic) bond motifs is 1. The molecule has 4 heteroatoms. The molecule has 1 atom stereocenters. The second-order valence-electron chi connectivity index (χ2n) is 6.80. The van der Waals surface area contributed by atoms with E-state index < -0.39 is 0 Å². The van der Waals surface area contributed by atoms with Crippen molar-refractivity contribution in [3.8, 4) is 11.5 Å². The van der Waals surface area contributed by atoms with Crippen molar-refractivity contribution in [2.24, 2.45) is 0 Å². The van der Waals surface area contributed by atoms with Crippen LogP contribution in [0.2, 0.25) is 0 Å². The molecule has 0 radical (unpaired) electrons. The van der Waals surface area contributed by atoms with Crippen molar-refractivity contribution in [1.29, 1.82) is 0 Å². The summed E-state index contributed by atoms with van der Waals surface area (Å²) < 4.78 is 11.9. The molecule has 0 heterocycles. The van der Waals surface area contributed by atoms with Gasteiger partial charge in [-0.2, -0.15) is 0 Å². The first kappa shape index (κ1) is 19.7. The number of carbonyl (C=O) groups is 1. The van der Waals surface area contributed by atoms with Crippen LogP contribution in [0, 0.1) is 0 Å². The van der Waals surface area contributed by atoms with Crippen molar-refractivity contribution in [3.05, 3.63) is 71.8 Å². The Hall–Kier alpha value is -3.01. The van der Waals surface area contributed by atoms with Gasteiger partial charge in [0.1, 0.15) is 18.1 Å². The smallest absolute Gasteiger partial charge is 0.251 e. The fourth-order valence-corrected chi connectivity index (χ4v) is 3.02. The van der Waals surface area contributed by atoms with Crippen LogP contribution >= 0.6 is 0 Å². The van der Waals surface area contributed by atoms with Gasteiger partial charge in [0, 0.05) is 22.6 Å². The number of nitrogens with one attached hydrogen (secondary N) is 1. The zero-order valence-electron chi connectivity index (χ0n) is 16.7. The summed E-state index contributed by atoms with van der Waals surface area (Å²) in [5.41, 5.74) is 1.46. The van der Waals surface area contributed by atoms with Gasteiger partial charge in [-0.15, -0.1) is 0 Å². The summed E-state index contributed by atoms with van der Waals surface area (Å²) in [4.78, 5) is 12.5. The molecule has 0 aromatic heterocycles. The van der Waals surface area contributed by atoms with Crippen LogP contribution in [0.3, 0.4) is 0 Å². The molecule has 3 aromatic carbocycles. The maximum atomic E-state index is 12.5. The van der Waals surface area contributed by atoms with E-state index in [1.165, 1.54) is 0 Å². The van der Waals surface area contributed by atoms with Crippen molar-refractivity contribution >= 4 is 16.7 Å². The molecule has 3 aromatic rings. The Kier molecular flexibility index (Phi) is 6.53. The molecule has 4 nitrogen and oxygen atoms in total. The third-order valence-corrected chi connectivity index (χ3v) is 4.75. The van der Waals surface area contributed by atoms with Crippen LogP contribution in [-0.2, 0) is 6.61 Å². The highest BCUT2D eigenvalue weighted by Crippen LogP contribution is 2.28. The van der Waals surface area contributed by atoms with Crippen LogP contribution in [0.25, 0.3) is 10.8 Å². The van der Waals surface area contributed by atoms with E-state index in [-0.39, 0.29) is 11.9 Å². The molecular weight excluding hydrogens is 350 g/mol. The van der Waals surface area contributed by atoms with Crippen molar-refractivity contribution < 1.29 is 14.3 Å². The third kappa shape index (κ3) is 4.63. The SMILES string of the molecule is CCOc1ccc(C(=O)N[C@@H](C)CC)cc1COc1cccc2ccccc12. The predicted octanol–water partition coefficient (Wildman–Crippen LogP) is 5.35. The zero-order valence-corrected chi connectivity index (χ0v) is 16.7. The molecule has 0 saturated heterocycles. The van der Waals surface area contributed by atoms with Crippen LogP contribution in [-0.4, -0.2) is 18.6 Å². The summed E-state index contributed by atoms with van der Waals surface area (Å²) in [6.07, 6.45) is 0.889. The maximum absolute atomic E-state index is 12.5. The van der Waals surface area contributed by atoms with E-state index in [4.69, 9.17) is 9.47 Å². The minimum absolute atomic E-state index is 0.0798. The Morgan fingerprint density at radius 2 is 1.75 bits per heavy atom. The highest BCUT2D eigenvalue weighted by Gasteiger charge is 2.13. The summed E-state index contributed by atoms with van der Waals surface area (Å²) in [7, 11) is 0. The summed E-state index contributed by atoms with van der Waals surface area (Å²) in [6.45, 7) is 6.87. The van der Waals surface area contributed by atoms with Crippen LogP contribution < -0.4 is 14.8 Å². The normalized spacial score (nSPS) is 11.8. The maximum Gasteiger partial charge on any atom is 0.251 e.